The number of ether oxygens (including phenoxy) is 2. The molecule has 2 N–H and O–H groups in total. The van der Waals surface area contributed by atoms with E-state index in [9.17, 15) is 9.59 Å². The Kier molecular flexibility index (Phi) is 5.84. The first-order chi connectivity index (χ1) is 9.81. The van der Waals surface area contributed by atoms with E-state index in [4.69, 9.17) is 26.2 Å². The molecule has 0 saturated carbocycles. The molecule has 2 atom stereocenters. The number of amides is 1. The molecule has 0 aliphatic carbocycles. The summed E-state index contributed by atoms with van der Waals surface area (Å²) in [4.78, 5) is 23.0. The number of benzene rings is 1. The Morgan fingerprint density at radius 2 is 1.86 bits per heavy atom. The summed E-state index contributed by atoms with van der Waals surface area (Å²) in [6.45, 7) is 3.15. The van der Waals surface area contributed by atoms with Gasteiger partial charge < -0.3 is 19.9 Å². The zero-order valence-corrected chi connectivity index (χ0v) is 13.0. The summed E-state index contributed by atoms with van der Waals surface area (Å²) in [5.41, 5.74) is 0.266. The molecule has 21 heavy (non-hydrogen) atoms. The SMILES string of the molecule is COc1cc(C(=O)NC(C)C(C)C(=O)O)cc(Cl)c1OC. The van der Waals surface area contributed by atoms with Crippen LogP contribution < -0.4 is 14.8 Å². The van der Waals surface area contributed by atoms with Gasteiger partial charge in [-0.05, 0) is 26.0 Å². The number of nitrogens with one attached hydrogen (secondary N) is 1. The van der Waals surface area contributed by atoms with Crippen molar-refractivity contribution >= 4 is 23.5 Å². The van der Waals surface area contributed by atoms with Crippen LogP contribution >= 0.6 is 11.6 Å². The maximum atomic E-state index is 12.1. The van der Waals surface area contributed by atoms with Gasteiger partial charge in [0.15, 0.2) is 11.5 Å². The topological polar surface area (TPSA) is 84.9 Å². The fraction of sp³-hybridized carbons (Fsp3) is 0.429. The van der Waals surface area contributed by atoms with Crippen molar-refractivity contribution in [3.8, 4) is 11.5 Å². The van der Waals surface area contributed by atoms with E-state index in [1.807, 2.05) is 0 Å². The van der Waals surface area contributed by atoms with Crippen LogP contribution in [0.3, 0.4) is 0 Å². The summed E-state index contributed by atoms with van der Waals surface area (Å²) in [6.07, 6.45) is 0. The van der Waals surface area contributed by atoms with Gasteiger partial charge in [0.2, 0.25) is 0 Å². The molecular weight excluding hydrogens is 298 g/mol. The molecule has 0 radical (unpaired) electrons. The fourth-order valence-corrected chi connectivity index (χ4v) is 1.97. The van der Waals surface area contributed by atoms with Gasteiger partial charge in [-0.15, -0.1) is 0 Å². The lowest BCUT2D eigenvalue weighted by atomic mass is 10.0. The van der Waals surface area contributed by atoms with E-state index in [1.54, 1.807) is 6.92 Å². The van der Waals surface area contributed by atoms with Crippen molar-refractivity contribution in [1.29, 1.82) is 0 Å². The number of hydrogen-bond acceptors (Lipinski definition) is 4. The predicted octanol–water partition coefficient (Wildman–Crippen LogP) is 2.20. The highest BCUT2D eigenvalue weighted by atomic mass is 35.5. The van der Waals surface area contributed by atoms with Gasteiger partial charge in [0, 0.05) is 11.6 Å². The lowest BCUT2D eigenvalue weighted by Gasteiger charge is -2.18. The zero-order chi connectivity index (χ0) is 16.2. The summed E-state index contributed by atoms with van der Waals surface area (Å²) in [7, 11) is 2.88. The zero-order valence-electron chi connectivity index (χ0n) is 12.3. The summed E-state index contributed by atoms with van der Waals surface area (Å²) < 4.78 is 10.2. The first-order valence-corrected chi connectivity index (χ1v) is 6.64. The summed E-state index contributed by atoms with van der Waals surface area (Å²) in [5.74, 6) is -1.45. The van der Waals surface area contributed by atoms with Crippen molar-refractivity contribution in [3.63, 3.8) is 0 Å². The number of carbonyl (C=O) groups excluding carboxylic acids is 1. The van der Waals surface area contributed by atoms with Crippen LogP contribution in [-0.2, 0) is 4.79 Å². The van der Waals surface area contributed by atoms with Crippen LogP contribution in [0, 0.1) is 5.92 Å². The second-order valence-electron chi connectivity index (χ2n) is 4.58. The number of halogens is 1. The van der Waals surface area contributed by atoms with Crippen LogP contribution in [-0.4, -0.2) is 37.2 Å². The molecule has 0 aromatic heterocycles. The molecule has 0 fully saturated rings. The molecule has 7 heteroatoms. The van der Waals surface area contributed by atoms with Gasteiger partial charge in [0.05, 0.1) is 25.2 Å². The van der Waals surface area contributed by atoms with Crippen LogP contribution in [0.1, 0.15) is 24.2 Å². The van der Waals surface area contributed by atoms with Gasteiger partial charge in [0.25, 0.3) is 5.91 Å². The van der Waals surface area contributed by atoms with E-state index >= 15 is 0 Å². The molecule has 0 spiro atoms. The molecule has 6 nitrogen and oxygen atoms in total. The average molecular weight is 316 g/mol. The minimum Gasteiger partial charge on any atom is -0.493 e. The first kappa shape index (κ1) is 17.1. The number of carbonyl (C=O) groups is 2. The third-order valence-electron chi connectivity index (χ3n) is 3.19. The molecule has 0 bridgehead atoms. The molecule has 2 unspecified atom stereocenters. The standard InChI is InChI=1S/C14H18ClNO5/c1-7(14(18)19)8(2)16-13(17)9-5-10(15)12(21-4)11(6-9)20-3/h5-8H,1-4H3,(H,16,17)(H,18,19). The quantitative estimate of drug-likeness (QED) is 0.840. The van der Waals surface area contributed by atoms with Crippen molar-refractivity contribution in [2.75, 3.05) is 14.2 Å². The highest BCUT2D eigenvalue weighted by Gasteiger charge is 2.22. The Bertz CT molecular complexity index is 546. The van der Waals surface area contributed by atoms with E-state index in [-0.39, 0.29) is 10.6 Å². The van der Waals surface area contributed by atoms with Crippen molar-refractivity contribution in [2.45, 2.75) is 19.9 Å². The number of methoxy groups -OCH3 is 2. The van der Waals surface area contributed by atoms with Gasteiger partial charge in [-0.2, -0.15) is 0 Å². The molecule has 0 aliphatic heterocycles. The molecule has 1 amide bonds. The van der Waals surface area contributed by atoms with Gasteiger partial charge in [-0.3, -0.25) is 9.59 Å². The molecule has 0 saturated heterocycles. The minimum absolute atomic E-state index is 0.237. The summed E-state index contributed by atoms with van der Waals surface area (Å²) in [6, 6.07) is 2.40. The number of hydrogen-bond donors (Lipinski definition) is 2. The van der Waals surface area contributed by atoms with E-state index in [0.717, 1.165) is 0 Å². The Labute approximate surface area is 128 Å². The first-order valence-electron chi connectivity index (χ1n) is 6.27. The molecule has 0 aliphatic rings. The third kappa shape index (κ3) is 4.01. The number of aliphatic carboxylic acids is 1. The highest BCUT2D eigenvalue weighted by molar-refractivity contribution is 6.32. The lowest BCUT2D eigenvalue weighted by molar-refractivity contribution is -0.141. The van der Waals surface area contributed by atoms with Crippen molar-refractivity contribution < 1.29 is 24.2 Å². The van der Waals surface area contributed by atoms with E-state index in [2.05, 4.69) is 5.32 Å². The van der Waals surface area contributed by atoms with Crippen molar-refractivity contribution in [1.82, 2.24) is 5.32 Å². The smallest absolute Gasteiger partial charge is 0.308 e. The van der Waals surface area contributed by atoms with Crippen molar-refractivity contribution in [3.05, 3.63) is 22.7 Å². The van der Waals surface area contributed by atoms with Gasteiger partial charge in [-0.25, -0.2) is 0 Å². The normalized spacial score (nSPS) is 13.2. The van der Waals surface area contributed by atoms with Crippen LogP contribution in [0.15, 0.2) is 12.1 Å². The predicted molar refractivity (Wildman–Crippen MR) is 78.3 cm³/mol. The van der Waals surface area contributed by atoms with E-state index in [1.165, 1.54) is 33.3 Å². The monoisotopic (exact) mass is 315 g/mol. The molecule has 1 rings (SSSR count). The van der Waals surface area contributed by atoms with Gasteiger partial charge >= 0.3 is 5.97 Å². The largest absolute Gasteiger partial charge is 0.493 e. The highest BCUT2D eigenvalue weighted by Crippen LogP contribution is 2.36. The summed E-state index contributed by atoms with van der Waals surface area (Å²) in [5, 5.41) is 11.8. The van der Waals surface area contributed by atoms with E-state index in [0.29, 0.717) is 11.5 Å². The maximum absolute atomic E-state index is 12.1. The van der Waals surface area contributed by atoms with E-state index < -0.39 is 23.8 Å². The second kappa shape index (κ2) is 7.17. The Morgan fingerprint density at radius 3 is 2.33 bits per heavy atom. The Balaban J connectivity index is 2.98. The molecule has 116 valence electrons. The number of rotatable bonds is 6. The van der Waals surface area contributed by atoms with Crippen LogP contribution in [0.2, 0.25) is 5.02 Å². The van der Waals surface area contributed by atoms with Gasteiger partial charge in [0.1, 0.15) is 0 Å². The molecular formula is C14H18ClNO5. The van der Waals surface area contributed by atoms with Crippen LogP contribution in [0.4, 0.5) is 0 Å². The lowest BCUT2D eigenvalue weighted by Crippen LogP contribution is -2.40. The van der Waals surface area contributed by atoms with Gasteiger partial charge in [-0.1, -0.05) is 11.6 Å². The molecule has 1 aromatic rings. The third-order valence-corrected chi connectivity index (χ3v) is 3.47. The van der Waals surface area contributed by atoms with Crippen LogP contribution in [0.5, 0.6) is 11.5 Å². The minimum atomic E-state index is -0.979. The number of carboxylic acid groups (broad SMARTS) is 1. The van der Waals surface area contributed by atoms with Crippen LogP contribution in [0.25, 0.3) is 0 Å². The molecule has 1 aromatic carbocycles. The number of carboxylic acids is 1. The average Bonchev–Trinajstić information content (AvgIpc) is 2.44. The second-order valence-corrected chi connectivity index (χ2v) is 4.99. The Morgan fingerprint density at radius 1 is 1.24 bits per heavy atom. The fourth-order valence-electron chi connectivity index (χ4n) is 1.68. The summed E-state index contributed by atoms with van der Waals surface area (Å²) >= 11 is 6.03. The maximum Gasteiger partial charge on any atom is 0.308 e. The molecule has 0 heterocycles. The Hall–Kier alpha value is -1.95. The van der Waals surface area contributed by atoms with Crippen molar-refractivity contribution in [2.24, 2.45) is 5.92 Å².